The van der Waals surface area contributed by atoms with Crippen molar-refractivity contribution in [3.63, 3.8) is 0 Å². The van der Waals surface area contributed by atoms with Crippen molar-refractivity contribution in [2.24, 2.45) is 0 Å². The topological polar surface area (TPSA) is 102 Å². The summed E-state index contributed by atoms with van der Waals surface area (Å²) >= 11 is 0. The first kappa shape index (κ1) is 24.5. The van der Waals surface area contributed by atoms with Gasteiger partial charge >= 0.3 is 0 Å². The van der Waals surface area contributed by atoms with Gasteiger partial charge in [-0.1, -0.05) is 50.2 Å². The summed E-state index contributed by atoms with van der Waals surface area (Å²) in [5.74, 6) is -1.61. The number of imide groups is 1. The number of nitrogens with one attached hydrogen (secondary N) is 2. The Bertz CT molecular complexity index is 1020. The van der Waals surface area contributed by atoms with Crippen molar-refractivity contribution < 1.29 is 19.5 Å². The predicted molar refractivity (Wildman–Crippen MR) is 124 cm³/mol. The highest BCUT2D eigenvalue weighted by Crippen LogP contribution is 2.31. The number of para-hydroxylation sites is 1. The van der Waals surface area contributed by atoms with Crippen LogP contribution in [-0.2, 0) is 16.1 Å². The average Bonchev–Trinajstić information content (AvgIpc) is 3.03. The van der Waals surface area contributed by atoms with Gasteiger partial charge in [0.05, 0.1) is 11.3 Å². The molecule has 8 heteroatoms. The fourth-order valence-corrected chi connectivity index (χ4v) is 3.12. The highest BCUT2D eigenvalue weighted by atomic mass is 16.3. The molecule has 0 saturated carbocycles. The van der Waals surface area contributed by atoms with Gasteiger partial charge in [0.25, 0.3) is 17.7 Å². The van der Waals surface area contributed by atoms with Crippen LogP contribution in [0.2, 0.25) is 0 Å². The molecular weight excluding hydrogens is 408 g/mol. The normalized spacial score (nSPS) is 13.0. The standard InChI is InChI=1S/C22H24N4O4.C2H6/c1-4-26-21(29)17(23-13-14-9-6-5-7-10-14)18(22(26)30)24-16-12-8-11-15(19(16)27)20(28)25(2)3;1-2/h5-12,23-24,27H,4,13H2,1-3H3;1-2H3. The summed E-state index contributed by atoms with van der Waals surface area (Å²) in [6, 6.07) is 14.1. The molecule has 2 aromatic carbocycles. The Morgan fingerprint density at radius 1 is 0.969 bits per heavy atom. The lowest BCUT2D eigenvalue weighted by Gasteiger charge is -2.15. The van der Waals surface area contributed by atoms with E-state index in [4.69, 9.17) is 0 Å². The summed E-state index contributed by atoms with van der Waals surface area (Å²) in [5.41, 5.74) is 1.35. The van der Waals surface area contributed by atoms with Crippen molar-refractivity contribution >= 4 is 23.4 Å². The largest absolute Gasteiger partial charge is 0.505 e. The zero-order valence-corrected chi connectivity index (χ0v) is 19.1. The van der Waals surface area contributed by atoms with Crippen LogP contribution in [-0.4, -0.2) is 53.3 Å². The van der Waals surface area contributed by atoms with Crippen LogP contribution in [0, 0.1) is 0 Å². The van der Waals surface area contributed by atoms with Crippen molar-refractivity contribution in [1.29, 1.82) is 0 Å². The molecule has 0 unspecified atom stereocenters. The first-order chi connectivity index (χ1) is 15.3. The number of carbonyl (C=O) groups excluding carboxylic acids is 3. The summed E-state index contributed by atoms with van der Waals surface area (Å²) in [5, 5.41) is 16.5. The van der Waals surface area contributed by atoms with Gasteiger partial charge in [-0.3, -0.25) is 19.3 Å². The number of carbonyl (C=O) groups is 3. The minimum atomic E-state index is -0.498. The smallest absolute Gasteiger partial charge is 0.279 e. The van der Waals surface area contributed by atoms with Crippen molar-refractivity contribution in [3.05, 3.63) is 71.1 Å². The van der Waals surface area contributed by atoms with Gasteiger partial charge in [-0.25, -0.2) is 0 Å². The SMILES string of the molecule is CC.CCN1C(=O)C(NCc2ccccc2)=C(Nc2cccc(C(=O)N(C)C)c2O)C1=O. The van der Waals surface area contributed by atoms with Crippen LogP contribution in [0.1, 0.15) is 36.7 Å². The molecule has 1 aliphatic rings. The molecule has 3 amide bonds. The minimum Gasteiger partial charge on any atom is -0.505 e. The van der Waals surface area contributed by atoms with Gasteiger partial charge in [0.1, 0.15) is 11.4 Å². The molecule has 3 N–H and O–H groups in total. The van der Waals surface area contributed by atoms with Gasteiger partial charge in [-0.05, 0) is 24.6 Å². The first-order valence-electron chi connectivity index (χ1n) is 10.5. The number of amides is 3. The number of phenolic OH excluding ortho intramolecular Hbond substituents is 1. The third-order valence-corrected chi connectivity index (χ3v) is 4.73. The highest BCUT2D eigenvalue weighted by Gasteiger charge is 2.38. The number of benzene rings is 2. The molecule has 1 heterocycles. The Morgan fingerprint density at radius 2 is 1.59 bits per heavy atom. The van der Waals surface area contributed by atoms with Crippen LogP contribution in [0.4, 0.5) is 5.69 Å². The van der Waals surface area contributed by atoms with E-state index >= 15 is 0 Å². The second-order valence-corrected chi connectivity index (χ2v) is 6.97. The lowest BCUT2D eigenvalue weighted by molar-refractivity contribution is -0.137. The molecule has 0 radical (unpaired) electrons. The van der Waals surface area contributed by atoms with Gasteiger partial charge in [0.15, 0.2) is 5.75 Å². The first-order valence-corrected chi connectivity index (χ1v) is 10.5. The number of anilines is 1. The maximum Gasteiger partial charge on any atom is 0.279 e. The second kappa shape index (κ2) is 11.0. The van der Waals surface area contributed by atoms with E-state index < -0.39 is 11.8 Å². The summed E-state index contributed by atoms with van der Waals surface area (Å²) in [6.07, 6.45) is 0. The predicted octanol–water partition coefficient (Wildman–Crippen LogP) is 2.92. The maximum absolute atomic E-state index is 12.8. The zero-order valence-electron chi connectivity index (χ0n) is 19.1. The third-order valence-electron chi connectivity index (χ3n) is 4.73. The quantitative estimate of drug-likeness (QED) is 0.454. The lowest BCUT2D eigenvalue weighted by Crippen LogP contribution is -2.33. The number of nitrogens with zero attached hydrogens (tertiary/aromatic N) is 2. The van der Waals surface area contributed by atoms with Crippen molar-refractivity contribution in [2.45, 2.75) is 27.3 Å². The lowest BCUT2D eigenvalue weighted by atomic mass is 10.1. The Morgan fingerprint density at radius 3 is 2.19 bits per heavy atom. The van der Waals surface area contributed by atoms with E-state index in [0.717, 1.165) is 10.5 Å². The van der Waals surface area contributed by atoms with E-state index in [-0.39, 0.29) is 40.8 Å². The summed E-state index contributed by atoms with van der Waals surface area (Å²) in [6.45, 7) is 6.27. The van der Waals surface area contributed by atoms with Crippen LogP contribution in [0.15, 0.2) is 59.9 Å². The maximum atomic E-state index is 12.8. The van der Waals surface area contributed by atoms with E-state index in [0.29, 0.717) is 6.54 Å². The van der Waals surface area contributed by atoms with Gasteiger partial charge < -0.3 is 20.6 Å². The van der Waals surface area contributed by atoms with Crippen molar-refractivity contribution in [1.82, 2.24) is 15.1 Å². The Labute approximate surface area is 188 Å². The molecule has 0 aromatic heterocycles. The molecule has 0 bridgehead atoms. The minimum absolute atomic E-state index is 0.0301. The van der Waals surface area contributed by atoms with E-state index in [1.807, 2.05) is 44.2 Å². The van der Waals surface area contributed by atoms with Crippen molar-refractivity contribution in [2.75, 3.05) is 26.0 Å². The van der Waals surface area contributed by atoms with E-state index in [1.54, 1.807) is 27.1 Å². The second-order valence-electron chi connectivity index (χ2n) is 6.97. The number of hydrogen-bond acceptors (Lipinski definition) is 6. The molecule has 0 spiro atoms. The van der Waals surface area contributed by atoms with Crippen LogP contribution < -0.4 is 10.6 Å². The molecule has 8 nitrogen and oxygen atoms in total. The molecule has 0 atom stereocenters. The van der Waals surface area contributed by atoms with Crippen LogP contribution >= 0.6 is 0 Å². The van der Waals surface area contributed by atoms with E-state index in [1.165, 1.54) is 17.0 Å². The Balaban J connectivity index is 0.00000176. The number of likely N-dealkylation sites (N-methyl/N-ethyl adjacent to an activating group) is 1. The fraction of sp³-hybridized carbons (Fsp3) is 0.292. The van der Waals surface area contributed by atoms with Gasteiger partial charge in [0, 0.05) is 27.2 Å². The number of rotatable bonds is 7. The molecule has 170 valence electrons. The van der Waals surface area contributed by atoms with Gasteiger partial charge in [-0.2, -0.15) is 0 Å². The van der Waals surface area contributed by atoms with E-state index in [2.05, 4.69) is 10.6 Å². The molecule has 0 aliphatic carbocycles. The molecule has 2 aromatic rings. The number of phenols is 1. The van der Waals surface area contributed by atoms with Crippen LogP contribution in [0.25, 0.3) is 0 Å². The van der Waals surface area contributed by atoms with Crippen LogP contribution in [0.3, 0.4) is 0 Å². The Kier molecular flexibility index (Phi) is 8.40. The van der Waals surface area contributed by atoms with Gasteiger partial charge in [0.2, 0.25) is 0 Å². The summed E-state index contributed by atoms with van der Waals surface area (Å²) in [4.78, 5) is 40.3. The van der Waals surface area contributed by atoms with E-state index in [9.17, 15) is 19.5 Å². The molecular formula is C24H30N4O4. The molecule has 1 aliphatic heterocycles. The van der Waals surface area contributed by atoms with Crippen molar-refractivity contribution in [3.8, 4) is 5.75 Å². The Hall–Kier alpha value is -3.81. The summed E-state index contributed by atoms with van der Waals surface area (Å²) in [7, 11) is 3.16. The summed E-state index contributed by atoms with van der Waals surface area (Å²) < 4.78 is 0. The number of aromatic hydroxyl groups is 1. The zero-order chi connectivity index (χ0) is 23.8. The molecule has 3 rings (SSSR count). The van der Waals surface area contributed by atoms with Gasteiger partial charge in [-0.15, -0.1) is 0 Å². The average molecular weight is 439 g/mol. The third kappa shape index (κ3) is 5.08. The molecule has 0 fully saturated rings. The fourth-order valence-electron chi connectivity index (χ4n) is 3.12. The molecule has 32 heavy (non-hydrogen) atoms. The number of hydrogen-bond donors (Lipinski definition) is 3. The monoisotopic (exact) mass is 438 g/mol. The highest BCUT2D eigenvalue weighted by molar-refractivity contribution is 6.20. The molecule has 0 saturated heterocycles. The van der Waals surface area contributed by atoms with Crippen LogP contribution in [0.5, 0.6) is 5.75 Å².